The maximum atomic E-state index is 11.9. The third kappa shape index (κ3) is 3.23. The van der Waals surface area contributed by atoms with Gasteiger partial charge in [0.15, 0.2) is 22.1 Å². The van der Waals surface area contributed by atoms with Gasteiger partial charge >= 0.3 is 29.6 Å². The van der Waals surface area contributed by atoms with Crippen molar-refractivity contribution in [2.45, 2.75) is 24.5 Å². The first kappa shape index (κ1) is 19.4. The van der Waals surface area contributed by atoms with Crippen LogP contribution in [0.25, 0.3) is 11.2 Å². The normalized spacial score (nSPS) is 34.7. The quantitative estimate of drug-likeness (QED) is 0.220. The number of nitrogens with one attached hydrogen (secondary N) is 1. The molecule has 2 aromatic rings. The number of hydrogen-bond acceptors (Lipinski definition) is 10. The van der Waals surface area contributed by atoms with Crippen LogP contribution in [-0.4, -0.2) is 49.5 Å². The van der Waals surface area contributed by atoms with Crippen molar-refractivity contribution in [3.8, 4) is 0 Å². The Kier molecular flexibility index (Phi) is 5.19. The summed E-state index contributed by atoms with van der Waals surface area (Å²) >= 11 is 3.17. The second-order valence-corrected chi connectivity index (χ2v) is 7.32. The van der Waals surface area contributed by atoms with Gasteiger partial charge in [0.1, 0.15) is 18.3 Å². The minimum atomic E-state index is -4.49. The van der Waals surface area contributed by atoms with E-state index in [-0.39, 0.29) is 58.0 Å². The third-order valence-electron chi connectivity index (χ3n) is 3.74. The van der Waals surface area contributed by atoms with Crippen LogP contribution in [0.15, 0.2) is 9.53 Å². The molecule has 12 nitrogen and oxygen atoms in total. The van der Waals surface area contributed by atoms with Gasteiger partial charge < -0.3 is 29.5 Å². The van der Waals surface area contributed by atoms with Gasteiger partial charge in [-0.15, -0.1) is 0 Å². The molecule has 130 valence electrons. The number of fused-ring (bicyclic) bond motifs is 2. The molecule has 0 saturated carbocycles. The Morgan fingerprint density at radius 2 is 2.20 bits per heavy atom. The predicted molar refractivity (Wildman–Crippen MR) is 78.6 cm³/mol. The number of aliphatic hydroxyl groups is 1. The van der Waals surface area contributed by atoms with E-state index in [9.17, 15) is 19.4 Å². The van der Waals surface area contributed by atoms with Gasteiger partial charge in [-0.2, -0.15) is 4.98 Å². The fourth-order valence-corrected chi connectivity index (χ4v) is 4.24. The number of ether oxygens (including phenoxy) is 1. The molecule has 0 aromatic carbocycles. The molecular weight excluding hydrogens is 436 g/mol. The zero-order valence-electron chi connectivity index (χ0n) is 12.7. The standard InChI is InChI=1S/C10H11BrN5O7P.Na/c11-9-13-3-6(14-10(12)15-7(3)18)16(9)8-4(17)5-2(22-8)1-21-24(19,20)23-5;/h2,4-5,8,17H,1H2,(H,19,20)(H3,12,14,15,18);/q;+1/p-1/t2-,4+,5-,8+;/m0./s1. The summed E-state index contributed by atoms with van der Waals surface area (Å²) in [4.78, 5) is 33.6. The molecule has 2 saturated heterocycles. The van der Waals surface area contributed by atoms with Gasteiger partial charge in [0.05, 0.1) is 6.61 Å². The maximum absolute atomic E-state index is 11.9. The first-order valence-electron chi connectivity index (χ1n) is 6.67. The molecule has 4 heterocycles. The molecule has 4 N–H and O–H groups in total. The van der Waals surface area contributed by atoms with Gasteiger partial charge in [0, 0.05) is 0 Å². The molecule has 1 unspecified atom stereocenters. The number of halogens is 1. The van der Waals surface area contributed by atoms with Gasteiger partial charge in [-0.25, -0.2) is 4.98 Å². The number of phosphoric acid groups is 1. The Morgan fingerprint density at radius 1 is 1.48 bits per heavy atom. The SMILES string of the molecule is Nc1nc2c(nc(Br)n2[C@@H]2O[C@H]3COP(=O)([O-])O[C@@H]3[C@H]2O)c(=O)[nH]1.[Na+]. The Balaban J connectivity index is 0.00000182. The van der Waals surface area contributed by atoms with Crippen molar-refractivity contribution in [1.29, 1.82) is 0 Å². The smallest absolute Gasteiger partial charge is 0.756 e. The van der Waals surface area contributed by atoms with Crippen LogP contribution in [-0.2, 0) is 18.3 Å². The second-order valence-electron chi connectivity index (χ2n) is 5.24. The monoisotopic (exact) mass is 445 g/mol. The van der Waals surface area contributed by atoms with Gasteiger partial charge in [-0.1, -0.05) is 0 Å². The molecule has 2 aliphatic heterocycles. The van der Waals surface area contributed by atoms with Crippen LogP contribution in [0.2, 0.25) is 0 Å². The summed E-state index contributed by atoms with van der Waals surface area (Å²) in [6, 6.07) is 0. The fraction of sp³-hybridized carbons (Fsp3) is 0.500. The van der Waals surface area contributed by atoms with Gasteiger partial charge in [-0.05, 0) is 15.9 Å². The number of anilines is 1. The minimum absolute atomic E-state index is 0. The van der Waals surface area contributed by atoms with Crippen molar-refractivity contribution >= 4 is 40.9 Å². The first-order valence-corrected chi connectivity index (χ1v) is 8.93. The molecule has 4 rings (SSSR count). The molecule has 25 heavy (non-hydrogen) atoms. The Hall–Kier alpha value is -0.340. The summed E-state index contributed by atoms with van der Waals surface area (Å²) < 4.78 is 27.8. The number of nitrogens with zero attached hydrogens (tertiary/aromatic N) is 3. The first-order chi connectivity index (χ1) is 11.3. The molecule has 0 aliphatic carbocycles. The summed E-state index contributed by atoms with van der Waals surface area (Å²) in [6.45, 7) is -0.292. The number of aromatic amines is 1. The largest absolute Gasteiger partial charge is 1.00 e. The molecule has 5 atom stereocenters. The fourth-order valence-electron chi connectivity index (χ4n) is 2.74. The number of hydrogen-bond donors (Lipinski definition) is 3. The van der Waals surface area contributed by atoms with E-state index in [0.717, 1.165) is 0 Å². The van der Waals surface area contributed by atoms with Crippen molar-refractivity contribution in [3.05, 3.63) is 15.1 Å². The topological polar surface area (TPSA) is 178 Å². The van der Waals surface area contributed by atoms with Crippen molar-refractivity contribution in [2.24, 2.45) is 0 Å². The number of H-pyrrole nitrogens is 1. The number of nitrogen functional groups attached to an aromatic ring is 1. The molecule has 0 amide bonds. The number of phosphoric ester groups is 1. The van der Waals surface area contributed by atoms with E-state index in [0.29, 0.717) is 0 Å². The molecule has 2 aliphatic rings. The second kappa shape index (κ2) is 6.68. The van der Waals surface area contributed by atoms with Crippen LogP contribution in [0.4, 0.5) is 5.95 Å². The van der Waals surface area contributed by atoms with E-state index in [2.05, 4.69) is 35.4 Å². The maximum Gasteiger partial charge on any atom is 1.00 e. The molecule has 0 spiro atoms. The molecule has 0 bridgehead atoms. The van der Waals surface area contributed by atoms with E-state index >= 15 is 0 Å². The van der Waals surface area contributed by atoms with Gasteiger partial charge in [0.2, 0.25) is 5.95 Å². The summed E-state index contributed by atoms with van der Waals surface area (Å²) in [5, 5.41) is 10.4. The number of aromatic nitrogens is 4. The van der Waals surface area contributed by atoms with Gasteiger partial charge in [0.25, 0.3) is 13.4 Å². The van der Waals surface area contributed by atoms with Crippen molar-refractivity contribution in [3.63, 3.8) is 0 Å². The van der Waals surface area contributed by atoms with Crippen LogP contribution >= 0.6 is 23.8 Å². The number of aliphatic hydroxyl groups excluding tert-OH is 1. The zero-order chi connectivity index (χ0) is 17.2. The zero-order valence-corrected chi connectivity index (χ0v) is 17.1. The molecule has 0 radical (unpaired) electrons. The average Bonchev–Trinajstić information content (AvgIpc) is 2.96. The van der Waals surface area contributed by atoms with Crippen LogP contribution in [0, 0.1) is 0 Å². The van der Waals surface area contributed by atoms with E-state index in [4.69, 9.17) is 15.0 Å². The number of imidazole rings is 1. The Bertz CT molecular complexity index is 936. The van der Waals surface area contributed by atoms with Crippen LogP contribution < -0.4 is 45.7 Å². The summed E-state index contributed by atoms with van der Waals surface area (Å²) in [6.07, 6.45) is -4.42. The summed E-state index contributed by atoms with van der Waals surface area (Å²) in [5.74, 6) is -0.144. The summed E-state index contributed by atoms with van der Waals surface area (Å²) in [5.41, 5.74) is 5.02. The number of rotatable bonds is 1. The summed E-state index contributed by atoms with van der Waals surface area (Å²) in [7, 11) is -4.49. The minimum Gasteiger partial charge on any atom is -0.756 e. The third-order valence-corrected chi connectivity index (χ3v) is 5.26. The van der Waals surface area contributed by atoms with Crippen molar-refractivity contribution in [2.75, 3.05) is 12.3 Å². The average molecular weight is 446 g/mol. The molecule has 2 aromatic heterocycles. The van der Waals surface area contributed by atoms with E-state index in [1.54, 1.807) is 0 Å². The van der Waals surface area contributed by atoms with Crippen molar-refractivity contribution in [1.82, 2.24) is 19.5 Å². The molecule has 15 heteroatoms. The Morgan fingerprint density at radius 3 is 2.92 bits per heavy atom. The number of nitrogens with two attached hydrogens (primary N) is 1. The van der Waals surface area contributed by atoms with Crippen molar-refractivity contribution < 1.29 is 57.9 Å². The van der Waals surface area contributed by atoms with E-state index in [1.165, 1.54) is 4.57 Å². The molecule has 2 fully saturated rings. The van der Waals surface area contributed by atoms with E-state index in [1.807, 2.05) is 0 Å². The van der Waals surface area contributed by atoms with E-state index < -0.39 is 37.9 Å². The van der Waals surface area contributed by atoms with Crippen LogP contribution in [0.3, 0.4) is 0 Å². The predicted octanol–water partition coefficient (Wildman–Crippen LogP) is -4.39. The molecular formula is C10H10BrN5NaO7P. The van der Waals surface area contributed by atoms with Crippen LogP contribution in [0.5, 0.6) is 0 Å². The van der Waals surface area contributed by atoms with Gasteiger partial charge in [-0.3, -0.25) is 18.9 Å². The Labute approximate surface area is 169 Å². The van der Waals surface area contributed by atoms with Crippen LogP contribution in [0.1, 0.15) is 6.23 Å².